The van der Waals surface area contributed by atoms with Gasteiger partial charge in [0, 0.05) is 33.0 Å². The minimum Gasteiger partial charge on any atom is -0.454 e. The van der Waals surface area contributed by atoms with Crippen LogP contribution in [-0.4, -0.2) is 0 Å². The predicted molar refractivity (Wildman–Crippen MR) is 268 cm³/mol. The summed E-state index contributed by atoms with van der Waals surface area (Å²) in [5.74, 6) is 0.479. The van der Waals surface area contributed by atoms with Crippen LogP contribution < -0.4 is 4.90 Å². The van der Waals surface area contributed by atoms with Crippen molar-refractivity contribution in [3.63, 3.8) is 0 Å². The second-order valence-corrected chi connectivity index (χ2v) is 21.4. The number of aryl methyl sites for hydroxylation is 3. The van der Waals surface area contributed by atoms with E-state index >= 15 is 0 Å². The normalized spacial score (nSPS) is 16.3. The van der Waals surface area contributed by atoms with Gasteiger partial charge in [-0.05, 0) is 165 Å². The van der Waals surface area contributed by atoms with E-state index in [-0.39, 0.29) is 16.2 Å². The van der Waals surface area contributed by atoms with E-state index in [1.54, 1.807) is 0 Å². The average Bonchev–Trinajstić information content (AvgIpc) is 3.83. The van der Waals surface area contributed by atoms with E-state index in [0.717, 1.165) is 28.2 Å². The van der Waals surface area contributed by atoms with Gasteiger partial charge in [0.05, 0.1) is 5.69 Å². The summed E-state index contributed by atoms with van der Waals surface area (Å²) in [7, 11) is 0. The Morgan fingerprint density at radius 3 is 1.78 bits per heavy atom. The van der Waals surface area contributed by atoms with Crippen LogP contribution in [0.15, 0.2) is 126 Å². The molecule has 316 valence electrons. The van der Waals surface area contributed by atoms with Crippen molar-refractivity contribution >= 4 is 39.0 Å². The maximum absolute atomic E-state index is 7.43. The van der Waals surface area contributed by atoms with E-state index in [9.17, 15) is 0 Å². The number of nitrogens with zero attached hydrogens (tertiary/aromatic N) is 1. The summed E-state index contributed by atoms with van der Waals surface area (Å²) in [6.07, 6.45) is 6.27. The lowest BCUT2D eigenvalue weighted by atomic mass is 9.79. The zero-order chi connectivity index (χ0) is 43.7. The topological polar surface area (TPSA) is 16.4 Å². The Balaban J connectivity index is 1.15. The molecule has 0 N–H and O–H groups in total. The second-order valence-electron chi connectivity index (χ2n) is 21.4. The van der Waals surface area contributed by atoms with Gasteiger partial charge in [0.25, 0.3) is 0 Å². The van der Waals surface area contributed by atoms with E-state index in [1.165, 1.54) is 126 Å². The largest absolute Gasteiger partial charge is 0.454 e. The number of hydrogen-bond donors (Lipinski definition) is 0. The van der Waals surface area contributed by atoms with Crippen molar-refractivity contribution in [1.82, 2.24) is 0 Å². The Morgan fingerprint density at radius 2 is 1.13 bits per heavy atom. The third-order valence-corrected chi connectivity index (χ3v) is 15.5. The molecule has 1 aromatic heterocycles. The molecule has 0 spiro atoms. The number of anilines is 3. The molecule has 7 aromatic carbocycles. The summed E-state index contributed by atoms with van der Waals surface area (Å²) in [5, 5.41) is 2.39. The van der Waals surface area contributed by atoms with Gasteiger partial charge in [-0.15, -0.1) is 0 Å². The zero-order valence-corrected chi connectivity index (χ0v) is 39.0. The van der Waals surface area contributed by atoms with Gasteiger partial charge < -0.3 is 9.32 Å². The maximum Gasteiger partial charge on any atom is 0.159 e. The monoisotopic (exact) mass is 823 g/mol. The first-order chi connectivity index (χ1) is 30.1. The molecule has 0 radical (unpaired) electrons. The first-order valence-electron chi connectivity index (χ1n) is 23.5. The number of fused-ring (bicyclic) bond motifs is 9. The molecule has 0 unspecified atom stereocenters. The van der Waals surface area contributed by atoms with Gasteiger partial charge in [-0.2, -0.15) is 0 Å². The Morgan fingerprint density at radius 1 is 0.540 bits per heavy atom. The number of rotatable bonds is 5. The van der Waals surface area contributed by atoms with E-state index in [4.69, 9.17) is 4.42 Å². The Bertz CT molecular complexity index is 3150. The first kappa shape index (κ1) is 40.0. The van der Waals surface area contributed by atoms with Crippen molar-refractivity contribution < 1.29 is 4.42 Å². The summed E-state index contributed by atoms with van der Waals surface area (Å²) in [6.45, 7) is 23.3. The van der Waals surface area contributed by atoms with Crippen molar-refractivity contribution in [3.05, 3.63) is 171 Å². The molecule has 11 rings (SSSR count). The van der Waals surface area contributed by atoms with Crippen LogP contribution in [0.25, 0.3) is 55.3 Å². The number of para-hydroxylation sites is 1. The highest BCUT2D eigenvalue weighted by Crippen LogP contribution is 2.55. The standard InChI is InChI=1S/C61H61NO/c1-36-29-37(2)56(38(3)30-36)40-31-49(39-17-12-11-13-18-39)57-50(32-40)48-20-16-22-55(58(48)63-57)62(42-24-27-46-44-19-14-15-21-51(44)60(7,8)53(46)34-42)43-25-28-47-45-26-23-41(59(4,5)6)33-52(45)61(9,10)54(47)35-43/h14-16,19-35,39H,11-13,17-18H2,1-10H3. The summed E-state index contributed by atoms with van der Waals surface area (Å²) in [6, 6.07) is 47.0. The predicted octanol–water partition coefficient (Wildman–Crippen LogP) is 17.6. The summed E-state index contributed by atoms with van der Waals surface area (Å²) >= 11 is 0. The van der Waals surface area contributed by atoms with Gasteiger partial charge in [0.2, 0.25) is 0 Å². The van der Waals surface area contributed by atoms with Crippen LogP contribution in [0.3, 0.4) is 0 Å². The smallest absolute Gasteiger partial charge is 0.159 e. The number of hydrogen-bond acceptors (Lipinski definition) is 2. The SMILES string of the molecule is Cc1cc(C)c(-c2cc(C3CCCCC3)c3oc4c(N(c5ccc6c(c5)C(C)(C)c5ccccc5-6)c5ccc6c(c5)C(C)(C)c5cc(C(C)(C)C)ccc5-6)cccc4c3c2)c(C)c1. The van der Waals surface area contributed by atoms with Crippen LogP contribution in [0, 0.1) is 20.8 Å². The molecule has 1 heterocycles. The minimum atomic E-state index is -0.169. The van der Waals surface area contributed by atoms with Gasteiger partial charge in [0.1, 0.15) is 5.58 Å². The van der Waals surface area contributed by atoms with E-state index < -0.39 is 0 Å². The second kappa shape index (κ2) is 14.1. The average molecular weight is 824 g/mol. The fourth-order valence-corrected chi connectivity index (χ4v) is 12.2. The van der Waals surface area contributed by atoms with Crippen molar-refractivity contribution in [2.75, 3.05) is 4.90 Å². The summed E-state index contributed by atoms with van der Waals surface area (Å²) in [4.78, 5) is 2.50. The third-order valence-electron chi connectivity index (χ3n) is 15.5. The lowest BCUT2D eigenvalue weighted by Gasteiger charge is -2.30. The van der Waals surface area contributed by atoms with Crippen LogP contribution in [0.4, 0.5) is 17.1 Å². The molecule has 63 heavy (non-hydrogen) atoms. The Kier molecular flexibility index (Phi) is 8.92. The highest BCUT2D eigenvalue weighted by atomic mass is 16.3. The van der Waals surface area contributed by atoms with E-state index in [0.29, 0.717) is 5.92 Å². The molecule has 2 nitrogen and oxygen atoms in total. The molecule has 0 amide bonds. The van der Waals surface area contributed by atoms with Crippen molar-refractivity contribution in [1.29, 1.82) is 0 Å². The van der Waals surface area contributed by atoms with Gasteiger partial charge in [0.15, 0.2) is 5.58 Å². The fraction of sp³-hybridized carbons (Fsp3) is 0.311. The molecule has 3 aliphatic carbocycles. The molecule has 3 aliphatic rings. The molecule has 1 saturated carbocycles. The van der Waals surface area contributed by atoms with Crippen LogP contribution in [0.2, 0.25) is 0 Å². The molecule has 2 heteroatoms. The van der Waals surface area contributed by atoms with Crippen molar-refractivity contribution in [2.45, 2.75) is 124 Å². The molecular formula is C61H61NO. The van der Waals surface area contributed by atoms with E-state index in [1.807, 2.05) is 0 Å². The molecular weight excluding hydrogens is 763 g/mol. The zero-order valence-electron chi connectivity index (χ0n) is 39.0. The number of furan rings is 1. The lowest BCUT2D eigenvalue weighted by Crippen LogP contribution is -2.19. The molecule has 8 aromatic rings. The van der Waals surface area contributed by atoms with Crippen LogP contribution in [-0.2, 0) is 16.2 Å². The van der Waals surface area contributed by atoms with Gasteiger partial charge in [-0.25, -0.2) is 0 Å². The first-order valence-corrected chi connectivity index (χ1v) is 23.5. The molecule has 0 bridgehead atoms. The lowest BCUT2D eigenvalue weighted by molar-refractivity contribution is 0.442. The third kappa shape index (κ3) is 6.11. The van der Waals surface area contributed by atoms with Crippen LogP contribution in [0.5, 0.6) is 0 Å². The molecule has 0 atom stereocenters. The van der Waals surface area contributed by atoms with Crippen molar-refractivity contribution in [3.8, 4) is 33.4 Å². The number of benzene rings is 7. The van der Waals surface area contributed by atoms with Crippen LogP contribution in [0.1, 0.15) is 137 Å². The Labute approximate surface area is 375 Å². The minimum absolute atomic E-state index is 0.0729. The van der Waals surface area contributed by atoms with Crippen LogP contribution >= 0.6 is 0 Å². The van der Waals surface area contributed by atoms with Gasteiger partial charge in [-0.3, -0.25) is 0 Å². The molecule has 0 saturated heterocycles. The molecule has 0 aliphatic heterocycles. The Hall–Kier alpha value is -5.86. The highest BCUT2D eigenvalue weighted by molar-refractivity contribution is 6.12. The molecule has 1 fully saturated rings. The van der Waals surface area contributed by atoms with Gasteiger partial charge in [-0.1, -0.05) is 152 Å². The highest BCUT2D eigenvalue weighted by Gasteiger charge is 2.39. The van der Waals surface area contributed by atoms with Crippen molar-refractivity contribution in [2.24, 2.45) is 0 Å². The van der Waals surface area contributed by atoms with Gasteiger partial charge >= 0.3 is 0 Å². The summed E-state index contributed by atoms with van der Waals surface area (Å²) < 4.78 is 7.43. The van der Waals surface area contributed by atoms with E-state index in [2.05, 4.69) is 195 Å². The maximum atomic E-state index is 7.43. The quantitative estimate of drug-likeness (QED) is 0.172. The summed E-state index contributed by atoms with van der Waals surface area (Å²) in [5.41, 5.74) is 25.4. The fourth-order valence-electron chi connectivity index (χ4n) is 12.2.